The van der Waals surface area contributed by atoms with Gasteiger partial charge >= 0.3 is 6.18 Å². The molecule has 1 atom stereocenters. The number of carbonyl (C=O) groups is 1. The van der Waals surface area contributed by atoms with Crippen molar-refractivity contribution in [2.45, 2.75) is 38.5 Å². The van der Waals surface area contributed by atoms with Crippen molar-refractivity contribution in [3.05, 3.63) is 95.1 Å². The number of hydrogen-bond donors (Lipinski definition) is 1. The minimum absolute atomic E-state index is 0.102. The number of aliphatic hydroxyl groups excluding tert-OH is 1. The highest BCUT2D eigenvalue weighted by atomic mass is 19.4. The van der Waals surface area contributed by atoms with Gasteiger partial charge < -0.3 is 10.0 Å². The molecule has 0 spiro atoms. The lowest BCUT2D eigenvalue weighted by Crippen LogP contribution is -2.37. The van der Waals surface area contributed by atoms with Crippen molar-refractivity contribution in [3.8, 4) is 0 Å². The van der Waals surface area contributed by atoms with E-state index in [1.807, 2.05) is 26.0 Å². The average molecular weight is 460 g/mol. The molecule has 2 aromatic carbocycles. The summed E-state index contributed by atoms with van der Waals surface area (Å²) >= 11 is 0. The van der Waals surface area contributed by atoms with Gasteiger partial charge in [-0.25, -0.2) is 4.39 Å². The number of carbonyl (C=O) groups excluding carboxylic acids is 1. The van der Waals surface area contributed by atoms with Gasteiger partial charge in [0.15, 0.2) is 6.10 Å². The summed E-state index contributed by atoms with van der Waals surface area (Å²) < 4.78 is 51.5. The van der Waals surface area contributed by atoms with Gasteiger partial charge in [0.25, 0.3) is 5.91 Å². The summed E-state index contributed by atoms with van der Waals surface area (Å²) in [7, 11) is 0. The third-order valence-electron chi connectivity index (χ3n) is 5.30. The molecule has 8 heteroatoms. The quantitative estimate of drug-likeness (QED) is 0.462. The van der Waals surface area contributed by atoms with E-state index in [4.69, 9.17) is 0 Å². The zero-order valence-electron chi connectivity index (χ0n) is 18.2. The van der Waals surface area contributed by atoms with E-state index in [9.17, 15) is 27.5 Å². The second kappa shape index (κ2) is 10.1. The Morgan fingerprint density at radius 2 is 1.58 bits per heavy atom. The van der Waals surface area contributed by atoms with Crippen molar-refractivity contribution in [3.63, 3.8) is 0 Å². The Morgan fingerprint density at radius 3 is 2.09 bits per heavy atom. The van der Waals surface area contributed by atoms with E-state index in [2.05, 4.69) is 4.98 Å². The van der Waals surface area contributed by atoms with Crippen LogP contribution in [0.5, 0.6) is 0 Å². The van der Waals surface area contributed by atoms with Crippen LogP contribution in [0.1, 0.15) is 48.3 Å². The van der Waals surface area contributed by atoms with Crippen molar-refractivity contribution in [2.24, 2.45) is 0 Å². The molecular weight excluding hydrogens is 436 g/mol. The highest BCUT2D eigenvalue weighted by Crippen LogP contribution is 2.28. The van der Waals surface area contributed by atoms with Crippen LogP contribution in [0, 0.1) is 5.82 Å². The molecular formula is C25H24F4N2O2. The Labute approximate surface area is 189 Å². The topological polar surface area (TPSA) is 53.4 Å². The maximum Gasteiger partial charge on any atom is 0.433 e. The van der Waals surface area contributed by atoms with Crippen LogP contribution in [0.2, 0.25) is 0 Å². The van der Waals surface area contributed by atoms with Crippen LogP contribution in [0.15, 0.2) is 66.9 Å². The maximum absolute atomic E-state index is 13.2. The lowest BCUT2D eigenvalue weighted by atomic mass is 10.0. The number of amides is 1. The molecule has 3 rings (SSSR count). The van der Waals surface area contributed by atoms with Crippen LogP contribution < -0.4 is 4.90 Å². The number of benzene rings is 2. The fourth-order valence-electron chi connectivity index (χ4n) is 3.32. The lowest BCUT2D eigenvalue weighted by molar-refractivity contribution is -0.141. The van der Waals surface area contributed by atoms with Gasteiger partial charge in [-0.1, -0.05) is 44.2 Å². The molecule has 3 aromatic rings. The van der Waals surface area contributed by atoms with Gasteiger partial charge in [-0.2, -0.15) is 13.2 Å². The van der Waals surface area contributed by atoms with Gasteiger partial charge in [-0.15, -0.1) is 0 Å². The highest BCUT2D eigenvalue weighted by molar-refractivity contribution is 5.97. The number of alkyl halides is 3. The zero-order valence-corrected chi connectivity index (χ0v) is 18.2. The fraction of sp³-hybridized carbons (Fsp3) is 0.280. The summed E-state index contributed by atoms with van der Waals surface area (Å²) in [5.74, 6) is -0.834. The molecule has 1 heterocycles. The monoisotopic (exact) mass is 460 g/mol. The average Bonchev–Trinajstić information content (AvgIpc) is 2.79. The molecule has 4 nitrogen and oxygen atoms in total. The van der Waals surface area contributed by atoms with Crippen LogP contribution >= 0.6 is 0 Å². The standard InChI is InChI=1S/C25H24F4N2O2/c1-16(2)18-6-10-21(11-7-18)31(24(33)23(32)19-4-8-20(26)9-5-19)14-13-17-3-12-22(30-15-17)25(27,28)29/h3-12,15-16,23,32H,13-14H2,1-2H3. The Morgan fingerprint density at radius 1 is 0.970 bits per heavy atom. The molecule has 0 aliphatic heterocycles. The van der Waals surface area contributed by atoms with E-state index in [1.165, 1.54) is 23.1 Å². The zero-order chi connectivity index (χ0) is 24.2. The number of rotatable bonds is 7. The summed E-state index contributed by atoms with van der Waals surface area (Å²) in [6.45, 7) is 4.17. The normalized spacial score (nSPS) is 12.6. The fourth-order valence-corrected chi connectivity index (χ4v) is 3.32. The first-order chi connectivity index (χ1) is 15.6. The Hall–Kier alpha value is -3.26. The minimum Gasteiger partial charge on any atom is -0.378 e. The SMILES string of the molecule is CC(C)c1ccc(N(CCc2ccc(C(F)(F)F)nc2)C(=O)C(O)c2ccc(F)cc2)cc1. The first-order valence-corrected chi connectivity index (χ1v) is 10.4. The van der Waals surface area contributed by atoms with Crippen molar-refractivity contribution < 1.29 is 27.5 Å². The molecule has 33 heavy (non-hydrogen) atoms. The Kier molecular flexibility index (Phi) is 7.48. The molecule has 174 valence electrons. The van der Waals surface area contributed by atoms with E-state index in [1.54, 1.807) is 12.1 Å². The predicted molar refractivity (Wildman–Crippen MR) is 117 cm³/mol. The predicted octanol–water partition coefficient (Wildman–Crippen LogP) is 5.67. The van der Waals surface area contributed by atoms with Crippen molar-refractivity contribution in [1.82, 2.24) is 4.98 Å². The van der Waals surface area contributed by atoms with E-state index in [-0.39, 0.29) is 24.4 Å². The van der Waals surface area contributed by atoms with Gasteiger partial charge in [-0.05, 0) is 59.4 Å². The van der Waals surface area contributed by atoms with E-state index in [0.29, 0.717) is 11.3 Å². The smallest absolute Gasteiger partial charge is 0.378 e. The summed E-state index contributed by atoms with van der Waals surface area (Å²) in [5, 5.41) is 10.6. The lowest BCUT2D eigenvalue weighted by Gasteiger charge is -2.26. The van der Waals surface area contributed by atoms with Gasteiger partial charge in [0.1, 0.15) is 11.5 Å². The highest BCUT2D eigenvalue weighted by Gasteiger charge is 2.32. The van der Waals surface area contributed by atoms with Gasteiger partial charge in [0.2, 0.25) is 0 Å². The molecule has 0 saturated heterocycles. The van der Waals surface area contributed by atoms with Crippen LogP contribution in [0.3, 0.4) is 0 Å². The molecule has 0 bridgehead atoms. The molecule has 1 aromatic heterocycles. The number of halogens is 4. The number of nitrogens with zero attached hydrogens (tertiary/aromatic N) is 2. The van der Waals surface area contributed by atoms with Gasteiger partial charge in [-0.3, -0.25) is 9.78 Å². The number of pyridine rings is 1. The van der Waals surface area contributed by atoms with Crippen LogP contribution in [-0.2, 0) is 17.4 Å². The van der Waals surface area contributed by atoms with Crippen LogP contribution in [0.25, 0.3) is 0 Å². The summed E-state index contributed by atoms with van der Waals surface area (Å²) in [6, 6.07) is 14.5. The Bertz CT molecular complexity index is 1060. The molecule has 1 unspecified atom stereocenters. The van der Waals surface area contributed by atoms with Crippen molar-refractivity contribution in [1.29, 1.82) is 0 Å². The number of aromatic nitrogens is 1. The van der Waals surface area contributed by atoms with Gasteiger partial charge in [0.05, 0.1) is 0 Å². The first-order valence-electron chi connectivity index (χ1n) is 10.4. The van der Waals surface area contributed by atoms with Crippen molar-refractivity contribution in [2.75, 3.05) is 11.4 Å². The van der Waals surface area contributed by atoms with E-state index < -0.39 is 29.7 Å². The third-order valence-corrected chi connectivity index (χ3v) is 5.30. The first kappa shape index (κ1) is 24.4. The summed E-state index contributed by atoms with van der Waals surface area (Å²) in [5.41, 5.74) is 1.36. The minimum atomic E-state index is -4.53. The largest absolute Gasteiger partial charge is 0.433 e. The number of anilines is 1. The second-order valence-corrected chi connectivity index (χ2v) is 7.99. The molecule has 0 aliphatic rings. The molecule has 0 fully saturated rings. The Balaban J connectivity index is 1.84. The molecule has 1 amide bonds. The van der Waals surface area contributed by atoms with Crippen LogP contribution in [0.4, 0.5) is 23.2 Å². The number of aliphatic hydroxyl groups is 1. The van der Waals surface area contributed by atoms with E-state index >= 15 is 0 Å². The van der Waals surface area contributed by atoms with Crippen molar-refractivity contribution >= 4 is 11.6 Å². The summed E-state index contributed by atoms with van der Waals surface area (Å²) in [4.78, 5) is 18.0. The molecule has 0 radical (unpaired) electrons. The summed E-state index contributed by atoms with van der Waals surface area (Å²) in [6.07, 6.45) is -4.71. The second-order valence-electron chi connectivity index (χ2n) is 7.99. The van der Waals surface area contributed by atoms with E-state index in [0.717, 1.165) is 30.0 Å². The third kappa shape index (κ3) is 6.16. The molecule has 1 N–H and O–H groups in total. The van der Waals surface area contributed by atoms with Crippen LogP contribution in [-0.4, -0.2) is 22.5 Å². The van der Waals surface area contributed by atoms with Gasteiger partial charge in [0, 0.05) is 18.4 Å². The number of hydrogen-bond acceptors (Lipinski definition) is 3. The molecule has 0 aliphatic carbocycles. The molecule has 0 saturated carbocycles. The maximum atomic E-state index is 13.2.